The third-order valence-electron chi connectivity index (χ3n) is 2.34. The zero-order valence-electron chi connectivity index (χ0n) is 8.24. The maximum Gasteiger partial charge on any atom is 0.155 e. The lowest BCUT2D eigenvalue weighted by molar-refractivity contribution is 0.578. The van der Waals surface area contributed by atoms with Crippen molar-refractivity contribution in [1.82, 2.24) is 14.4 Å². The molecule has 2 aromatic rings. The minimum atomic E-state index is 0.0841. The van der Waals surface area contributed by atoms with Crippen molar-refractivity contribution in [2.45, 2.75) is 19.3 Å². The Kier molecular flexibility index (Phi) is 2.31. The van der Waals surface area contributed by atoms with E-state index in [1.54, 1.807) is 12.4 Å². The van der Waals surface area contributed by atoms with Gasteiger partial charge in [0.2, 0.25) is 0 Å². The summed E-state index contributed by atoms with van der Waals surface area (Å²) in [5, 5.41) is 0.913. The normalized spacial score (nSPS) is 12.2. The molecule has 2 rings (SSSR count). The predicted octanol–water partition coefficient (Wildman–Crippen LogP) is 2.40. The Morgan fingerprint density at radius 3 is 2.93 bits per heavy atom. The fourth-order valence-electron chi connectivity index (χ4n) is 1.41. The standard InChI is InChI=1S/C10H12BrN3/c1-10(2,7-11)8-5-13-9-6-12-3-4-14(8)9/h3-6H,7H2,1-2H3. The monoisotopic (exact) mass is 253 g/mol. The van der Waals surface area contributed by atoms with Crippen molar-refractivity contribution < 1.29 is 0 Å². The van der Waals surface area contributed by atoms with Gasteiger partial charge in [-0.2, -0.15) is 0 Å². The van der Waals surface area contributed by atoms with Gasteiger partial charge in [0, 0.05) is 35.0 Å². The zero-order valence-corrected chi connectivity index (χ0v) is 9.82. The summed E-state index contributed by atoms with van der Waals surface area (Å²) in [6.45, 7) is 4.37. The molecule has 0 aliphatic rings. The Morgan fingerprint density at radius 1 is 1.43 bits per heavy atom. The summed E-state index contributed by atoms with van der Waals surface area (Å²) in [6, 6.07) is 0. The molecule has 2 heterocycles. The van der Waals surface area contributed by atoms with E-state index in [0.29, 0.717) is 0 Å². The second-order valence-corrected chi connectivity index (χ2v) is 4.53. The molecule has 0 spiro atoms. The first-order valence-corrected chi connectivity index (χ1v) is 5.61. The van der Waals surface area contributed by atoms with E-state index < -0.39 is 0 Å². The van der Waals surface area contributed by atoms with Crippen molar-refractivity contribution in [2.75, 3.05) is 5.33 Å². The molecule has 0 fully saturated rings. The van der Waals surface area contributed by atoms with Gasteiger partial charge in [-0.3, -0.25) is 4.98 Å². The maximum absolute atomic E-state index is 4.31. The molecule has 0 saturated carbocycles. The lowest BCUT2D eigenvalue weighted by Gasteiger charge is -2.20. The first-order valence-electron chi connectivity index (χ1n) is 4.49. The summed E-state index contributed by atoms with van der Waals surface area (Å²) >= 11 is 3.52. The summed E-state index contributed by atoms with van der Waals surface area (Å²) in [5.41, 5.74) is 2.18. The van der Waals surface area contributed by atoms with Gasteiger partial charge in [0.15, 0.2) is 5.65 Å². The second-order valence-electron chi connectivity index (χ2n) is 3.97. The summed E-state index contributed by atoms with van der Waals surface area (Å²) in [7, 11) is 0. The Labute approximate surface area is 91.3 Å². The van der Waals surface area contributed by atoms with Crippen LogP contribution in [0, 0.1) is 0 Å². The van der Waals surface area contributed by atoms with Gasteiger partial charge in [0.1, 0.15) is 0 Å². The SMILES string of the molecule is CC(C)(CBr)c1cnc2cnccn12. The highest BCUT2D eigenvalue weighted by Crippen LogP contribution is 2.25. The Balaban J connectivity index is 2.64. The smallest absolute Gasteiger partial charge is 0.155 e. The zero-order chi connectivity index (χ0) is 10.2. The fourth-order valence-corrected chi connectivity index (χ4v) is 1.70. The number of aromatic nitrogens is 3. The number of imidazole rings is 1. The van der Waals surface area contributed by atoms with Crippen LogP contribution in [-0.2, 0) is 5.41 Å². The molecule has 14 heavy (non-hydrogen) atoms. The number of rotatable bonds is 2. The van der Waals surface area contributed by atoms with Gasteiger partial charge in [-0.05, 0) is 0 Å². The quantitative estimate of drug-likeness (QED) is 0.770. The van der Waals surface area contributed by atoms with Crippen molar-refractivity contribution in [3.05, 3.63) is 30.5 Å². The van der Waals surface area contributed by atoms with Gasteiger partial charge in [-0.25, -0.2) is 4.98 Å². The molecular weight excluding hydrogens is 242 g/mol. The molecule has 0 aliphatic carbocycles. The Bertz CT molecular complexity index is 447. The largest absolute Gasteiger partial charge is 0.301 e. The number of nitrogens with zero attached hydrogens (tertiary/aromatic N) is 3. The van der Waals surface area contributed by atoms with Crippen molar-refractivity contribution in [2.24, 2.45) is 0 Å². The molecule has 0 saturated heterocycles. The average Bonchev–Trinajstić information content (AvgIpc) is 2.61. The van der Waals surface area contributed by atoms with Crippen molar-refractivity contribution >= 4 is 21.6 Å². The van der Waals surface area contributed by atoms with E-state index in [1.807, 2.05) is 12.4 Å². The number of hydrogen-bond donors (Lipinski definition) is 0. The third kappa shape index (κ3) is 1.43. The van der Waals surface area contributed by atoms with E-state index in [4.69, 9.17) is 0 Å². The molecule has 4 heteroatoms. The van der Waals surface area contributed by atoms with Crippen LogP contribution >= 0.6 is 15.9 Å². The molecule has 0 N–H and O–H groups in total. The van der Waals surface area contributed by atoms with Crippen LogP contribution in [0.25, 0.3) is 5.65 Å². The molecule has 0 aromatic carbocycles. The predicted molar refractivity (Wildman–Crippen MR) is 59.8 cm³/mol. The van der Waals surface area contributed by atoms with Crippen LogP contribution in [-0.4, -0.2) is 19.7 Å². The van der Waals surface area contributed by atoms with Crippen LogP contribution in [0.15, 0.2) is 24.8 Å². The second kappa shape index (κ2) is 3.35. The van der Waals surface area contributed by atoms with Crippen LogP contribution < -0.4 is 0 Å². The lowest BCUT2D eigenvalue weighted by Crippen LogP contribution is -2.20. The van der Waals surface area contributed by atoms with Crippen molar-refractivity contribution in [3.63, 3.8) is 0 Å². The van der Waals surface area contributed by atoms with Gasteiger partial charge in [-0.15, -0.1) is 0 Å². The first-order chi connectivity index (χ1) is 6.65. The van der Waals surface area contributed by atoms with Crippen LogP contribution in [0.1, 0.15) is 19.5 Å². The molecule has 0 radical (unpaired) electrons. The van der Waals surface area contributed by atoms with E-state index >= 15 is 0 Å². The first kappa shape index (κ1) is 9.65. The van der Waals surface area contributed by atoms with Crippen LogP contribution in [0.4, 0.5) is 0 Å². The summed E-state index contributed by atoms with van der Waals surface area (Å²) in [5.74, 6) is 0. The number of halogens is 1. The van der Waals surface area contributed by atoms with E-state index in [0.717, 1.165) is 11.0 Å². The summed E-state index contributed by atoms with van der Waals surface area (Å²) < 4.78 is 2.08. The summed E-state index contributed by atoms with van der Waals surface area (Å²) in [6.07, 6.45) is 7.41. The molecule has 3 nitrogen and oxygen atoms in total. The fraction of sp³-hybridized carbons (Fsp3) is 0.400. The van der Waals surface area contributed by atoms with Crippen LogP contribution in [0.2, 0.25) is 0 Å². The molecule has 0 aliphatic heterocycles. The molecule has 0 bridgehead atoms. The minimum absolute atomic E-state index is 0.0841. The van der Waals surface area contributed by atoms with Gasteiger partial charge < -0.3 is 4.40 Å². The topological polar surface area (TPSA) is 30.2 Å². The van der Waals surface area contributed by atoms with Gasteiger partial charge >= 0.3 is 0 Å². The summed E-state index contributed by atoms with van der Waals surface area (Å²) in [4.78, 5) is 8.35. The lowest BCUT2D eigenvalue weighted by atomic mass is 9.93. The Hall–Kier alpha value is -0.900. The van der Waals surface area contributed by atoms with E-state index in [-0.39, 0.29) is 5.41 Å². The highest BCUT2D eigenvalue weighted by atomic mass is 79.9. The molecule has 74 valence electrons. The average molecular weight is 254 g/mol. The van der Waals surface area contributed by atoms with Crippen molar-refractivity contribution in [1.29, 1.82) is 0 Å². The Morgan fingerprint density at radius 2 is 2.21 bits per heavy atom. The number of alkyl halides is 1. The minimum Gasteiger partial charge on any atom is -0.301 e. The molecule has 0 unspecified atom stereocenters. The highest BCUT2D eigenvalue weighted by molar-refractivity contribution is 9.09. The van der Waals surface area contributed by atoms with Gasteiger partial charge in [-0.1, -0.05) is 29.8 Å². The van der Waals surface area contributed by atoms with Crippen molar-refractivity contribution in [3.8, 4) is 0 Å². The van der Waals surface area contributed by atoms with Gasteiger partial charge in [0.05, 0.1) is 6.20 Å². The molecule has 0 amide bonds. The van der Waals surface area contributed by atoms with Gasteiger partial charge in [0.25, 0.3) is 0 Å². The number of hydrogen-bond acceptors (Lipinski definition) is 2. The molecule has 2 aromatic heterocycles. The highest BCUT2D eigenvalue weighted by Gasteiger charge is 2.22. The van der Waals surface area contributed by atoms with Crippen LogP contribution in [0.3, 0.4) is 0 Å². The van der Waals surface area contributed by atoms with E-state index in [2.05, 4.69) is 44.1 Å². The maximum atomic E-state index is 4.31. The molecule has 0 atom stereocenters. The number of fused-ring (bicyclic) bond motifs is 1. The van der Waals surface area contributed by atoms with Crippen LogP contribution in [0.5, 0.6) is 0 Å². The molecular formula is C10H12BrN3. The van der Waals surface area contributed by atoms with E-state index in [1.165, 1.54) is 5.69 Å². The van der Waals surface area contributed by atoms with E-state index in [9.17, 15) is 0 Å². The third-order valence-corrected chi connectivity index (χ3v) is 3.75.